The van der Waals surface area contributed by atoms with Crippen LogP contribution in [0.2, 0.25) is 0 Å². The van der Waals surface area contributed by atoms with Crippen molar-refractivity contribution in [3.05, 3.63) is 40.5 Å². The molecule has 1 aliphatic carbocycles. The van der Waals surface area contributed by atoms with Crippen LogP contribution in [0.1, 0.15) is 22.4 Å². The van der Waals surface area contributed by atoms with Crippen molar-refractivity contribution >= 4 is 27.4 Å². The Morgan fingerprint density at radius 1 is 1.22 bits per heavy atom. The Balaban J connectivity index is 1.47. The Bertz CT molecular complexity index is 962. The number of alkyl halides is 2. The minimum Gasteiger partial charge on any atom is -0.493 e. The van der Waals surface area contributed by atoms with E-state index < -0.39 is 6.61 Å². The molecule has 0 saturated heterocycles. The summed E-state index contributed by atoms with van der Waals surface area (Å²) >= 11 is 1.76. The molecule has 0 spiro atoms. The number of methoxy groups -OCH3 is 1. The quantitative estimate of drug-likeness (QED) is 0.645. The zero-order chi connectivity index (χ0) is 18.8. The van der Waals surface area contributed by atoms with Gasteiger partial charge in [0.15, 0.2) is 11.5 Å². The van der Waals surface area contributed by atoms with Crippen LogP contribution in [0, 0.1) is 0 Å². The number of hydrogen-bond acceptors (Lipinski definition) is 6. The number of hydrogen-bond donors (Lipinski definition) is 1. The van der Waals surface area contributed by atoms with Gasteiger partial charge >= 0.3 is 6.61 Å². The van der Waals surface area contributed by atoms with Crippen molar-refractivity contribution in [1.29, 1.82) is 0 Å². The van der Waals surface area contributed by atoms with E-state index in [1.165, 1.54) is 30.0 Å². The summed E-state index contributed by atoms with van der Waals surface area (Å²) in [6, 6.07) is 4.99. The third-order valence-corrected chi connectivity index (χ3v) is 5.85. The van der Waals surface area contributed by atoms with E-state index in [0.717, 1.165) is 34.4 Å². The standard InChI is InChI=1S/C19H19F2N3O2S/c1-25-14-9-11(5-6-13(14)26-19(20)21)7-8-22-17-16-12-3-2-4-15(12)27-18(16)24-10-23-17/h5-6,9-10,19H,2-4,7-8H2,1H3,(H,22,23,24). The summed E-state index contributed by atoms with van der Waals surface area (Å²) < 4.78 is 34.5. The average Bonchev–Trinajstić information content (AvgIpc) is 3.23. The van der Waals surface area contributed by atoms with Gasteiger partial charge in [0.25, 0.3) is 0 Å². The minimum absolute atomic E-state index is 0.0376. The van der Waals surface area contributed by atoms with E-state index in [1.807, 2.05) is 0 Å². The van der Waals surface area contributed by atoms with Crippen LogP contribution >= 0.6 is 11.3 Å². The number of halogens is 2. The Morgan fingerprint density at radius 2 is 2.11 bits per heavy atom. The number of benzene rings is 1. The lowest BCUT2D eigenvalue weighted by Crippen LogP contribution is -2.08. The van der Waals surface area contributed by atoms with Crippen molar-refractivity contribution in [2.24, 2.45) is 0 Å². The third-order valence-electron chi connectivity index (χ3n) is 4.65. The van der Waals surface area contributed by atoms with Gasteiger partial charge in [0.05, 0.1) is 12.5 Å². The minimum atomic E-state index is -2.88. The van der Waals surface area contributed by atoms with E-state index in [-0.39, 0.29) is 5.75 Å². The van der Waals surface area contributed by atoms with Gasteiger partial charge in [-0.2, -0.15) is 8.78 Å². The molecule has 0 bridgehead atoms. The maximum absolute atomic E-state index is 12.4. The molecule has 4 rings (SSSR count). The molecule has 8 heteroatoms. The first-order chi connectivity index (χ1) is 13.2. The van der Waals surface area contributed by atoms with Gasteiger partial charge in [-0.25, -0.2) is 9.97 Å². The van der Waals surface area contributed by atoms with Crippen LogP contribution in [0.4, 0.5) is 14.6 Å². The van der Waals surface area contributed by atoms with E-state index in [1.54, 1.807) is 29.8 Å². The topological polar surface area (TPSA) is 56.3 Å². The predicted molar refractivity (Wildman–Crippen MR) is 101 cm³/mol. The number of rotatable bonds is 7. The number of nitrogens with one attached hydrogen (secondary N) is 1. The molecule has 0 fully saturated rings. The smallest absolute Gasteiger partial charge is 0.387 e. The van der Waals surface area contributed by atoms with E-state index in [2.05, 4.69) is 20.0 Å². The van der Waals surface area contributed by atoms with Crippen LogP contribution in [0.5, 0.6) is 11.5 Å². The number of nitrogens with zero attached hydrogens (tertiary/aromatic N) is 2. The van der Waals surface area contributed by atoms with Gasteiger partial charge in [-0.1, -0.05) is 6.07 Å². The second-order valence-electron chi connectivity index (χ2n) is 6.30. The van der Waals surface area contributed by atoms with Gasteiger partial charge in [0.2, 0.25) is 0 Å². The maximum atomic E-state index is 12.4. The van der Waals surface area contributed by atoms with Gasteiger partial charge in [0.1, 0.15) is 17.0 Å². The molecule has 1 N–H and O–H groups in total. The van der Waals surface area contributed by atoms with Crippen LogP contribution in [-0.4, -0.2) is 30.2 Å². The number of anilines is 1. The highest BCUT2D eigenvalue weighted by molar-refractivity contribution is 7.19. The van der Waals surface area contributed by atoms with Crippen LogP contribution in [0.25, 0.3) is 10.2 Å². The van der Waals surface area contributed by atoms with Crippen molar-refractivity contribution in [2.75, 3.05) is 19.0 Å². The molecule has 0 atom stereocenters. The lowest BCUT2D eigenvalue weighted by Gasteiger charge is -2.12. The average molecular weight is 391 g/mol. The maximum Gasteiger partial charge on any atom is 0.387 e. The fraction of sp³-hybridized carbons (Fsp3) is 0.368. The Hall–Kier alpha value is -2.48. The molecule has 0 aliphatic heterocycles. The lowest BCUT2D eigenvalue weighted by molar-refractivity contribution is -0.0512. The summed E-state index contributed by atoms with van der Waals surface area (Å²) in [5, 5.41) is 4.55. The molecule has 0 saturated carbocycles. The van der Waals surface area contributed by atoms with Crippen LogP contribution in [0.15, 0.2) is 24.5 Å². The van der Waals surface area contributed by atoms with Crippen LogP contribution in [0.3, 0.4) is 0 Å². The number of aryl methyl sites for hydroxylation is 2. The van der Waals surface area contributed by atoms with E-state index in [4.69, 9.17) is 4.74 Å². The SMILES string of the molecule is COc1cc(CCNc2ncnc3sc4c(c23)CCC4)ccc1OC(F)F. The zero-order valence-electron chi connectivity index (χ0n) is 14.8. The number of ether oxygens (including phenoxy) is 2. The Labute approximate surface area is 159 Å². The molecule has 1 aliphatic rings. The lowest BCUT2D eigenvalue weighted by atomic mass is 10.1. The highest BCUT2D eigenvalue weighted by Crippen LogP contribution is 2.39. The van der Waals surface area contributed by atoms with Crippen molar-refractivity contribution < 1.29 is 18.3 Å². The third kappa shape index (κ3) is 3.66. The molecule has 5 nitrogen and oxygen atoms in total. The predicted octanol–water partition coefficient (Wildman–Crippen LogP) is 4.44. The molecule has 1 aromatic carbocycles. The Morgan fingerprint density at radius 3 is 2.93 bits per heavy atom. The molecule has 0 radical (unpaired) electrons. The summed E-state index contributed by atoms with van der Waals surface area (Å²) in [7, 11) is 1.43. The molecule has 0 unspecified atom stereocenters. The summed E-state index contributed by atoms with van der Waals surface area (Å²) in [4.78, 5) is 11.3. The largest absolute Gasteiger partial charge is 0.493 e. The molecule has 0 amide bonds. The summed E-state index contributed by atoms with van der Waals surface area (Å²) in [6.07, 6.45) is 5.69. The van der Waals surface area contributed by atoms with Crippen molar-refractivity contribution in [3.8, 4) is 11.5 Å². The van der Waals surface area contributed by atoms with E-state index in [0.29, 0.717) is 18.7 Å². The summed E-state index contributed by atoms with van der Waals surface area (Å²) in [5.74, 6) is 1.20. The van der Waals surface area contributed by atoms with Gasteiger partial charge in [-0.15, -0.1) is 11.3 Å². The molecule has 3 aromatic rings. The highest BCUT2D eigenvalue weighted by Gasteiger charge is 2.21. The first-order valence-corrected chi connectivity index (χ1v) is 9.58. The van der Waals surface area contributed by atoms with Gasteiger partial charge < -0.3 is 14.8 Å². The van der Waals surface area contributed by atoms with Crippen LogP contribution in [-0.2, 0) is 19.3 Å². The van der Waals surface area contributed by atoms with Crippen LogP contribution < -0.4 is 14.8 Å². The normalized spacial score (nSPS) is 13.2. The van der Waals surface area contributed by atoms with Crippen molar-refractivity contribution in [3.63, 3.8) is 0 Å². The second-order valence-corrected chi connectivity index (χ2v) is 7.38. The van der Waals surface area contributed by atoms with Gasteiger partial charge in [-0.3, -0.25) is 0 Å². The van der Waals surface area contributed by atoms with Crippen molar-refractivity contribution in [1.82, 2.24) is 9.97 Å². The van der Waals surface area contributed by atoms with Crippen molar-refractivity contribution in [2.45, 2.75) is 32.3 Å². The van der Waals surface area contributed by atoms with E-state index >= 15 is 0 Å². The Kier molecular flexibility index (Phi) is 5.07. The molecule has 142 valence electrons. The number of fused-ring (bicyclic) bond motifs is 3. The summed E-state index contributed by atoms with van der Waals surface area (Å²) in [5.41, 5.74) is 2.34. The molecule has 2 heterocycles. The fourth-order valence-corrected chi connectivity index (χ4v) is 4.68. The monoisotopic (exact) mass is 391 g/mol. The highest BCUT2D eigenvalue weighted by atomic mass is 32.1. The molecular weight excluding hydrogens is 372 g/mol. The van der Waals surface area contributed by atoms with Gasteiger partial charge in [-0.05, 0) is 48.9 Å². The second kappa shape index (κ2) is 7.64. The zero-order valence-corrected chi connectivity index (χ0v) is 15.6. The summed E-state index contributed by atoms with van der Waals surface area (Å²) in [6.45, 7) is -2.21. The van der Waals surface area contributed by atoms with Gasteiger partial charge in [0, 0.05) is 11.4 Å². The number of thiophene rings is 1. The number of aromatic nitrogens is 2. The fourth-order valence-electron chi connectivity index (χ4n) is 3.45. The molecule has 27 heavy (non-hydrogen) atoms. The van der Waals surface area contributed by atoms with E-state index in [9.17, 15) is 8.78 Å². The molecular formula is C19H19F2N3O2S. The first kappa shape index (κ1) is 17.9. The first-order valence-electron chi connectivity index (χ1n) is 8.76. The molecule has 2 aromatic heterocycles.